The Bertz CT molecular complexity index is 285. The van der Waals surface area contributed by atoms with Crippen molar-refractivity contribution in [1.82, 2.24) is 5.01 Å². The molecule has 7 heteroatoms. The fraction of sp³-hybridized carbons (Fsp3) is 0.900. The number of nitro groups is 1. The van der Waals surface area contributed by atoms with Crippen molar-refractivity contribution >= 4 is 5.78 Å². The molecule has 0 aromatic heterocycles. The minimum absolute atomic E-state index is 0.212. The van der Waals surface area contributed by atoms with E-state index in [0.29, 0.717) is 32.4 Å². The zero-order chi connectivity index (χ0) is 12.8. The van der Waals surface area contributed by atoms with Crippen molar-refractivity contribution < 1.29 is 9.83 Å². The number of nitrogens with zero attached hydrogens (tertiary/aromatic N) is 2. The van der Waals surface area contributed by atoms with Crippen LogP contribution in [-0.4, -0.2) is 41.0 Å². The third-order valence-corrected chi connectivity index (χ3v) is 3.10. The summed E-state index contributed by atoms with van der Waals surface area (Å²) in [5.74, 6) is -0.212. The standard InChI is InChI=1S/C10H20N4O3/c11-6-2-1-4-8(12)10(15)9-5-3-7-13(9)14(16)17/h8-9H,1-7,11-12H2/t8-,9?/m0/s1. The average molecular weight is 244 g/mol. The van der Waals surface area contributed by atoms with Crippen molar-refractivity contribution in [3.8, 4) is 0 Å². The van der Waals surface area contributed by atoms with Crippen LogP contribution in [0.5, 0.6) is 0 Å². The van der Waals surface area contributed by atoms with E-state index in [-0.39, 0.29) is 5.78 Å². The summed E-state index contributed by atoms with van der Waals surface area (Å²) in [6.07, 6.45) is 3.37. The molecular formula is C10H20N4O3. The maximum atomic E-state index is 12.0. The summed E-state index contributed by atoms with van der Waals surface area (Å²) in [6.45, 7) is 0.907. The Morgan fingerprint density at radius 3 is 2.82 bits per heavy atom. The van der Waals surface area contributed by atoms with Gasteiger partial charge < -0.3 is 11.5 Å². The van der Waals surface area contributed by atoms with Crippen LogP contribution in [0.15, 0.2) is 0 Å². The van der Waals surface area contributed by atoms with Crippen LogP contribution in [-0.2, 0) is 4.79 Å². The average Bonchev–Trinajstić information content (AvgIpc) is 2.77. The first kappa shape index (κ1) is 13.9. The summed E-state index contributed by atoms with van der Waals surface area (Å²) in [5, 5.41) is 11.2. The van der Waals surface area contributed by atoms with Crippen molar-refractivity contribution in [2.75, 3.05) is 13.1 Å². The van der Waals surface area contributed by atoms with E-state index >= 15 is 0 Å². The lowest BCUT2D eigenvalue weighted by molar-refractivity contribution is -0.656. The van der Waals surface area contributed by atoms with E-state index in [1.54, 1.807) is 0 Å². The maximum absolute atomic E-state index is 12.0. The highest BCUT2D eigenvalue weighted by atomic mass is 16.7. The predicted molar refractivity (Wildman–Crippen MR) is 62.6 cm³/mol. The minimum atomic E-state index is -0.641. The molecule has 0 radical (unpaired) electrons. The van der Waals surface area contributed by atoms with Crippen LogP contribution in [0.4, 0.5) is 0 Å². The second-order valence-corrected chi connectivity index (χ2v) is 4.35. The van der Waals surface area contributed by atoms with E-state index in [4.69, 9.17) is 11.5 Å². The highest BCUT2D eigenvalue weighted by molar-refractivity contribution is 5.88. The zero-order valence-corrected chi connectivity index (χ0v) is 9.88. The number of hydrogen-bond donors (Lipinski definition) is 2. The molecule has 1 aliphatic rings. The van der Waals surface area contributed by atoms with Crippen molar-refractivity contribution in [2.24, 2.45) is 11.5 Å². The lowest BCUT2D eigenvalue weighted by Gasteiger charge is -2.19. The summed E-state index contributed by atoms with van der Waals surface area (Å²) in [7, 11) is 0. The molecule has 17 heavy (non-hydrogen) atoms. The smallest absolute Gasteiger partial charge is 0.177 e. The molecule has 7 nitrogen and oxygen atoms in total. The normalized spacial score (nSPS) is 21.5. The Balaban J connectivity index is 2.47. The largest absolute Gasteiger partial charge is 0.330 e. The number of nitrogens with two attached hydrogens (primary N) is 2. The number of Topliss-reactive ketones (excluding diaryl/α,β-unsaturated/α-hetero) is 1. The zero-order valence-electron chi connectivity index (χ0n) is 9.88. The van der Waals surface area contributed by atoms with Gasteiger partial charge in [0.2, 0.25) is 0 Å². The molecule has 0 aromatic carbocycles. The lowest BCUT2D eigenvalue weighted by atomic mass is 9.99. The van der Waals surface area contributed by atoms with Crippen LogP contribution < -0.4 is 11.5 Å². The number of unbranched alkanes of at least 4 members (excludes halogenated alkanes) is 1. The van der Waals surface area contributed by atoms with Crippen LogP contribution in [0, 0.1) is 10.1 Å². The fourth-order valence-corrected chi connectivity index (χ4v) is 2.13. The molecule has 1 rings (SSSR count). The molecule has 0 spiro atoms. The molecule has 1 heterocycles. The van der Waals surface area contributed by atoms with Crippen molar-refractivity contribution in [2.45, 2.75) is 44.2 Å². The minimum Gasteiger partial charge on any atom is -0.330 e. The molecule has 1 unspecified atom stereocenters. The molecule has 0 bridgehead atoms. The molecule has 0 aliphatic carbocycles. The summed E-state index contributed by atoms with van der Waals surface area (Å²) in [5.41, 5.74) is 11.1. The lowest BCUT2D eigenvalue weighted by Crippen LogP contribution is -2.47. The van der Waals surface area contributed by atoms with E-state index in [1.807, 2.05) is 0 Å². The van der Waals surface area contributed by atoms with Crippen molar-refractivity contribution in [3.05, 3.63) is 10.1 Å². The molecular weight excluding hydrogens is 224 g/mol. The number of hydrazine groups is 1. The van der Waals surface area contributed by atoms with Gasteiger partial charge in [-0.05, 0) is 32.2 Å². The highest BCUT2D eigenvalue weighted by Gasteiger charge is 2.39. The van der Waals surface area contributed by atoms with E-state index in [9.17, 15) is 14.9 Å². The molecule has 0 amide bonds. The van der Waals surface area contributed by atoms with E-state index < -0.39 is 17.1 Å². The van der Waals surface area contributed by atoms with Crippen molar-refractivity contribution in [1.29, 1.82) is 0 Å². The van der Waals surface area contributed by atoms with Gasteiger partial charge in [-0.2, -0.15) is 0 Å². The van der Waals surface area contributed by atoms with Crippen LogP contribution in [0.1, 0.15) is 32.1 Å². The number of hydrogen-bond acceptors (Lipinski definition) is 5. The molecule has 4 N–H and O–H groups in total. The van der Waals surface area contributed by atoms with Crippen LogP contribution in [0.25, 0.3) is 0 Å². The summed E-state index contributed by atoms with van der Waals surface area (Å²) < 4.78 is 0. The second-order valence-electron chi connectivity index (χ2n) is 4.35. The Morgan fingerprint density at radius 1 is 1.53 bits per heavy atom. The fourth-order valence-electron chi connectivity index (χ4n) is 2.13. The first-order chi connectivity index (χ1) is 8.07. The molecule has 0 aromatic rings. The van der Waals surface area contributed by atoms with Gasteiger partial charge in [-0.25, -0.2) is 10.1 Å². The number of carbonyl (C=O) groups excluding carboxylic acids is 1. The Morgan fingerprint density at radius 2 is 2.24 bits per heavy atom. The number of rotatable bonds is 7. The van der Waals surface area contributed by atoms with Gasteiger partial charge in [-0.3, -0.25) is 4.79 Å². The SMILES string of the molecule is NCCCC[C@H](N)C(=O)C1CCCN1[N+](=O)[O-]. The summed E-state index contributed by atoms with van der Waals surface area (Å²) in [6, 6.07) is -1.25. The van der Waals surface area contributed by atoms with E-state index in [1.165, 1.54) is 0 Å². The first-order valence-corrected chi connectivity index (χ1v) is 5.98. The molecule has 1 fully saturated rings. The molecule has 98 valence electrons. The van der Waals surface area contributed by atoms with Crippen molar-refractivity contribution in [3.63, 3.8) is 0 Å². The first-order valence-electron chi connectivity index (χ1n) is 5.98. The maximum Gasteiger partial charge on any atom is 0.177 e. The van der Waals surface area contributed by atoms with Crippen LogP contribution >= 0.6 is 0 Å². The van der Waals surface area contributed by atoms with E-state index in [0.717, 1.165) is 17.9 Å². The number of carbonyl (C=O) groups is 1. The second kappa shape index (κ2) is 6.51. The van der Waals surface area contributed by atoms with Gasteiger partial charge in [0, 0.05) is 0 Å². The van der Waals surface area contributed by atoms with Gasteiger partial charge in [0.25, 0.3) is 0 Å². The quantitative estimate of drug-likeness (QED) is 0.360. The molecule has 1 aliphatic heterocycles. The third kappa shape index (κ3) is 3.64. The monoisotopic (exact) mass is 244 g/mol. The Hall–Kier alpha value is -1.21. The number of ketones is 1. The summed E-state index contributed by atoms with van der Waals surface area (Å²) >= 11 is 0. The van der Waals surface area contributed by atoms with Gasteiger partial charge in [-0.15, -0.1) is 5.01 Å². The van der Waals surface area contributed by atoms with Gasteiger partial charge in [0.1, 0.15) is 6.04 Å². The summed E-state index contributed by atoms with van der Waals surface area (Å²) in [4.78, 5) is 22.7. The van der Waals surface area contributed by atoms with Gasteiger partial charge in [0.15, 0.2) is 10.8 Å². The Kier molecular flexibility index (Phi) is 5.30. The third-order valence-electron chi connectivity index (χ3n) is 3.10. The van der Waals surface area contributed by atoms with Crippen LogP contribution in [0.3, 0.4) is 0 Å². The highest BCUT2D eigenvalue weighted by Crippen LogP contribution is 2.19. The predicted octanol–water partition coefficient (Wildman–Crippen LogP) is -0.332. The van der Waals surface area contributed by atoms with Gasteiger partial charge in [0.05, 0.1) is 12.6 Å². The van der Waals surface area contributed by atoms with E-state index in [2.05, 4.69) is 0 Å². The van der Waals surface area contributed by atoms with Crippen LogP contribution in [0.2, 0.25) is 0 Å². The molecule has 0 saturated carbocycles. The van der Waals surface area contributed by atoms with Gasteiger partial charge in [-0.1, -0.05) is 6.42 Å². The van der Waals surface area contributed by atoms with Gasteiger partial charge >= 0.3 is 0 Å². The topological polar surface area (TPSA) is 115 Å². The molecule has 1 saturated heterocycles. The molecule has 2 atom stereocenters. The Labute approximate surface area is 100 Å².